The molecule has 52 valence electrons. The van der Waals surface area contributed by atoms with Crippen molar-refractivity contribution in [2.75, 3.05) is 0 Å². The standard InChI is InChI=1S/C9H5NSe/c10-6-7-2-1-3-9-8(7)4-5-11-9/h1-5H. The van der Waals surface area contributed by atoms with Crippen LogP contribution in [0.2, 0.25) is 0 Å². The molecule has 0 aliphatic heterocycles. The topological polar surface area (TPSA) is 23.8 Å². The average molecular weight is 206 g/mol. The van der Waals surface area contributed by atoms with Crippen LogP contribution in [0.4, 0.5) is 0 Å². The first-order valence-corrected chi connectivity index (χ1v) is 5.13. The van der Waals surface area contributed by atoms with Crippen LogP contribution in [0.15, 0.2) is 29.2 Å². The van der Waals surface area contributed by atoms with Gasteiger partial charge in [0.1, 0.15) is 0 Å². The molecule has 0 unspecified atom stereocenters. The van der Waals surface area contributed by atoms with Gasteiger partial charge in [-0.1, -0.05) is 0 Å². The van der Waals surface area contributed by atoms with Crippen LogP contribution in [0, 0.1) is 11.3 Å². The zero-order valence-electron chi connectivity index (χ0n) is 5.74. The number of nitriles is 1. The fraction of sp³-hybridized carbons (Fsp3) is 0. The van der Waals surface area contributed by atoms with Crippen LogP contribution < -0.4 is 0 Å². The summed E-state index contributed by atoms with van der Waals surface area (Å²) in [5.74, 6) is 0. The van der Waals surface area contributed by atoms with Gasteiger partial charge in [-0.2, -0.15) is 0 Å². The maximum absolute atomic E-state index is 8.72. The Morgan fingerprint density at radius 2 is 2.18 bits per heavy atom. The Balaban J connectivity index is 2.92. The van der Waals surface area contributed by atoms with E-state index in [-0.39, 0.29) is 0 Å². The van der Waals surface area contributed by atoms with E-state index < -0.39 is 0 Å². The third kappa shape index (κ3) is 0.991. The van der Waals surface area contributed by atoms with Crippen molar-refractivity contribution in [1.82, 2.24) is 0 Å². The molecule has 1 heterocycles. The summed E-state index contributed by atoms with van der Waals surface area (Å²) >= 11 is 0.461. The predicted molar refractivity (Wildman–Crippen MR) is 45.6 cm³/mol. The number of rotatable bonds is 0. The molecule has 0 atom stereocenters. The Kier molecular flexibility index (Phi) is 1.54. The summed E-state index contributed by atoms with van der Waals surface area (Å²) in [6.07, 6.45) is 0. The molecular formula is C9H5NSe. The third-order valence-corrected chi connectivity index (χ3v) is 3.47. The molecule has 0 saturated carbocycles. The minimum atomic E-state index is 0.461. The molecule has 0 spiro atoms. The van der Waals surface area contributed by atoms with Gasteiger partial charge in [0, 0.05) is 0 Å². The molecule has 0 aliphatic rings. The van der Waals surface area contributed by atoms with Gasteiger partial charge in [-0.15, -0.1) is 0 Å². The van der Waals surface area contributed by atoms with Crippen molar-refractivity contribution < 1.29 is 0 Å². The number of hydrogen-bond acceptors (Lipinski definition) is 1. The van der Waals surface area contributed by atoms with E-state index in [9.17, 15) is 0 Å². The van der Waals surface area contributed by atoms with E-state index in [4.69, 9.17) is 5.26 Å². The Hall–Kier alpha value is -1.03. The van der Waals surface area contributed by atoms with Gasteiger partial charge in [0.05, 0.1) is 0 Å². The molecule has 1 nitrogen and oxygen atoms in total. The second-order valence-corrected chi connectivity index (χ2v) is 4.24. The Bertz CT molecular complexity index is 422. The monoisotopic (exact) mass is 207 g/mol. The molecule has 0 bridgehead atoms. The first kappa shape index (κ1) is 6.67. The molecular weight excluding hydrogens is 201 g/mol. The molecule has 0 fully saturated rings. The van der Waals surface area contributed by atoms with Crippen molar-refractivity contribution >= 4 is 24.1 Å². The van der Waals surface area contributed by atoms with Crippen molar-refractivity contribution in [3.8, 4) is 6.07 Å². The second kappa shape index (κ2) is 2.54. The van der Waals surface area contributed by atoms with Crippen LogP contribution in [0.5, 0.6) is 0 Å². The van der Waals surface area contributed by atoms with Gasteiger partial charge in [0.25, 0.3) is 0 Å². The van der Waals surface area contributed by atoms with Gasteiger partial charge < -0.3 is 0 Å². The first-order chi connectivity index (χ1) is 5.42. The Morgan fingerprint density at radius 1 is 1.27 bits per heavy atom. The Labute approximate surface area is 70.6 Å². The van der Waals surface area contributed by atoms with Crippen LogP contribution in [0.1, 0.15) is 5.56 Å². The fourth-order valence-electron chi connectivity index (χ4n) is 1.09. The van der Waals surface area contributed by atoms with E-state index in [0.29, 0.717) is 14.5 Å². The number of nitrogens with zero attached hydrogens (tertiary/aromatic N) is 1. The van der Waals surface area contributed by atoms with Gasteiger partial charge in [0.15, 0.2) is 0 Å². The van der Waals surface area contributed by atoms with Crippen molar-refractivity contribution in [1.29, 1.82) is 5.26 Å². The summed E-state index contributed by atoms with van der Waals surface area (Å²) < 4.78 is 1.33. The van der Waals surface area contributed by atoms with E-state index in [1.54, 1.807) is 0 Å². The normalized spacial score (nSPS) is 9.73. The molecule has 11 heavy (non-hydrogen) atoms. The summed E-state index contributed by atoms with van der Waals surface area (Å²) in [7, 11) is 0. The molecule has 0 aliphatic carbocycles. The minimum absolute atomic E-state index is 0.461. The van der Waals surface area contributed by atoms with Gasteiger partial charge in [-0.25, -0.2) is 0 Å². The zero-order valence-corrected chi connectivity index (χ0v) is 7.46. The zero-order chi connectivity index (χ0) is 7.68. The van der Waals surface area contributed by atoms with Gasteiger partial charge in [0.2, 0.25) is 0 Å². The van der Waals surface area contributed by atoms with E-state index >= 15 is 0 Å². The van der Waals surface area contributed by atoms with Crippen LogP contribution in [0.25, 0.3) is 9.65 Å². The van der Waals surface area contributed by atoms with Crippen LogP contribution >= 0.6 is 0 Å². The molecule has 2 aromatic rings. The molecule has 2 rings (SSSR count). The maximum atomic E-state index is 8.72. The van der Waals surface area contributed by atoms with Crippen LogP contribution in [-0.2, 0) is 0 Å². The molecule has 0 N–H and O–H groups in total. The molecule has 1 aromatic heterocycles. The van der Waals surface area contributed by atoms with Crippen molar-refractivity contribution in [3.05, 3.63) is 34.8 Å². The fourth-order valence-corrected chi connectivity index (χ4v) is 2.80. The Morgan fingerprint density at radius 3 is 3.00 bits per heavy atom. The summed E-state index contributed by atoms with van der Waals surface area (Å²) in [5.41, 5.74) is 0.804. The van der Waals surface area contributed by atoms with E-state index in [1.165, 1.54) is 4.26 Å². The summed E-state index contributed by atoms with van der Waals surface area (Å²) in [5, 5.41) is 9.86. The van der Waals surface area contributed by atoms with E-state index in [0.717, 1.165) is 10.9 Å². The second-order valence-electron chi connectivity index (χ2n) is 2.25. The predicted octanol–water partition coefficient (Wildman–Crippen LogP) is 1.77. The number of fused-ring (bicyclic) bond motifs is 1. The molecule has 0 radical (unpaired) electrons. The van der Waals surface area contributed by atoms with Crippen molar-refractivity contribution in [2.45, 2.75) is 0 Å². The van der Waals surface area contributed by atoms with Crippen molar-refractivity contribution in [2.24, 2.45) is 0 Å². The molecule has 0 saturated heterocycles. The van der Waals surface area contributed by atoms with Crippen LogP contribution in [0.3, 0.4) is 0 Å². The molecule has 2 heteroatoms. The summed E-state index contributed by atoms with van der Waals surface area (Å²) in [6, 6.07) is 10.1. The average Bonchev–Trinajstić information content (AvgIpc) is 2.50. The first-order valence-electron chi connectivity index (χ1n) is 3.28. The van der Waals surface area contributed by atoms with Gasteiger partial charge >= 0.3 is 70.3 Å². The number of hydrogen-bond donors (Lipinski definition) is 0. The van der Waals surface area contributed by atoms with Crippen LogP contribution in [-0.4, -0.2) is 14.5 Å². The van der Waals surface area contributed by atoms with Crippen molar-refractivity contribution in [3.63, 3.8) is 0 Å². The summed E-state index contributed by atoms with van der Waals surface area (Å²) in [6.45, 7) is 0. The molecule has 1 aromatic carbocycles. The SMILES string of the molecule is N#Cc1cccc2[se]ccc12. The number of benzene rings is 1. The van der Waals surface area contributed by atoms with Gasteiger partial charge in [-0.3, -0.25) is 0 Å². The van der Waals surface area contributed by atoms with E-state index in [2.05, 4.69) is 17.1 Å². The summed E-state index contributed by atoms with van der Waals surface area (Å²) in [4.78, 5) is 2.15. The van der Waals surface area contributed by atoms with E-state index in [1.807, 2.05) is 18.2 Å². The molecule has 0 amide bonds. The van der Waals surface area contributed by atoms with Gasteiger partial charge in [-0.05, 0) is 0 Å². The third-order valence-electron chi connectivity index (χ3n) is 1.62. The quantitative estimate of drug-likeness (QED) is 0.602.